The number of rotatable bonds is 5. The average Bonchev–Trinajstić information content (AvgIpc) is 3.35. The predicted octanol–water partition coefficient (Wildman–Crippen LogP) is 3.08. The van der Waals surface area contributed by atoms with Gasteiger partial charge in [0.05, 0.1) is 5.52 Å². The molecule has 0 radical (unpaired) electrons. The number of para-hydroxylation sites is 1. The number of carbonyl (C=O) groups is 2. The van der Waals surface area contributed by atoms with Crippen molar-refractivity contribution in [1.29, 1.82) is 0 Å². The third kappa shape index (κ3) is 4.45. The summed E-state index contributed by atoms with van der Waals surface area (Å²) in [5, 5.41) is 4.77. The minimum absolute atomic E-state index is 0.0466. The van der Waals surface area contributed by atoms with Gasteiger partial charge in [0.2, 0.25) is 5.91 Å². The molecule has 2 unspecified atom stereocenters. The minimum Gasteiger partial charge on any atom is -0.343 e. The van der Waals surface area contributed by atoms with E-state index in [4.69, 9.17) is 0 Å². The number of hydrogen-bond donors (Lipinski definition) is 1. The van der Waals surface area contributed by atoms with Crippen LogP contribution in [0.2, 0.25) is 0 Å². The predicted molar refractivity (Wildman–Crippen MR) is 121 cm³/mol. The fourth-order valence-corrected chi connectivity index (χ4v) is 5.62. The fourth-order valence-electron chi connectivity index (χ4n) is 5.62. The second kappa shape index (κ2) is 8.95. The van der Waals surface area contributed by atoms with E-state index in [9.17, 15) is 9.59 Å². The maximum atomic E-state index is 13.2. The number of aromatic nitrogens is 1. The van der Waals surface area contributed by atoms with E-state index in [1.54, 1.807) is 0 Å². The summed E-state index contributed by atoms with van der Waals surface area (Å²) >= 11 is 0. The summed E-state index contributed by atoms with van der Waals surface area (Å²) in [5.74, 6) is 1.32. The van der Waals surface area contributed by atoms with Gasteiger partial charge in [-0.3, -0.25) is 9.59 Å². The highest BCUT2D eigenvalue weighted by molar-refractivity contribution is 5.95. The van der Waals surface area contributed by atoms with Crippen molar-refractivity contribution in [3.05, 3.63) is 42.1 Å². The van der Waals surface area contributed by atoms with Gasteiger partial charge in [0, 0.05) is 44.0 Å². The zero-order chi connectivity index (χ0) is 21.2. The standard InChI is InChI=1S/C25H32N4O2/c30-24(28-12-3-4-13-28)9-5-8-21-20-14-18(15-26-21)16-29(17-20)25(31)23-11-10-19-6-1-2-7-22(19)27-23/h1-2,6-7,10-11,18,20-21,26H,3-5,8-9,12-17H2/t18?,20?,21-/m1/s1. The number of benzene rings is 1. The molecular weight excluding hydrogens is 388 g/mol. The molecule has 6 heteroatoms. The largest absolute Gasteiger partial charge is 0.343 e. The molecular formula is C25H32N4O2. The summed E-state index contributed by atoms with van der Waals surface area (Å²) in [6, 6.07) is 12.2. The van der Waals surface area contributed by atoms with Crippen molar-refractivity contribution in [2.45, 2.75) is 44.6 Å². The highest BCUT2D eigenvalue weighted by atomic mass is 16.2. The van der Waals surface area contributed by atoms with Crippen LogP contribution in [0.15, 0.2) is 36.4 Å². The first-order valence-electron chi connectivity index (χ1n) is 11.8. The Labute approximate surface area is 184 Å². The molecule has 5 rings (SSSR count). The number of amides is 2. The van der Waals surface area contributed by atoms with Gasteiger partial charge in [-0.05, 0) is 62.6 Å². The Morgan fingerprint density at radius 2 is 1.87 bits per heavy atom. The van der Waals surface area contributed by atoms with E-state index in [0.717, 1.165) is 69.3 Å². The first-order valence-corrected chi connectivity index (χ1v) is 11.8. The van der Waals surface area contributed by atoms with E-state index < -0.39 is 0 Å². The number of carbonyl (C=O) groups excluding carboxylic acids is 2. The fraction of sp³-hybridized carbons (Fsp3) is 0.560. The van der Waals surface area contributed by atoms with Gasteiger partial charge >= 0.3 is 0 Å². The Kier molecular flexibility index (Phi) is 5.90. The molecule has 3 fully saturated rings. The zero-order valence-electron chi connectivity index (χ0n) is 18.1. The topological polar surface area (TPSA) is 65.5 Å². The molecule has 3 atom stereocenters. The lowest BCUT2D eigenvalue weighted by Gasteiger charge is -2.46. The second-order valence-electron chi connectivity index (χ2n) is 9.46. The van der Waals surface area contributed by atoms with Gasteiger partial charge in [-0.25, -0.2) is 4.98 Å². The molecule has 0 spiro atoms. The molecule has 0 aliphatic carbocycles. The van der Waals surface area contributed by atoms with E-state index in [0.29, 0.717) is 35.9 Å². The van der Waals surface area contributed by atoms with Crippen molar-refractivity contribution in [3.8, 4) is 0 Å². The van der Waals surface area contributed by atoms with Crippen LogP contribution in [0.5, 0.6) is 0 Å². The first-order chi connectivity index (χ1) is 15.2. The molecule has 2 aromatic rings. The molecule has 31 heavy (non-hydrogen) atoms. The molecule has 1 N–H and O–H groups in total. The smallest absolute Gasteiger partial charge is 0.272 e. The van der Waals surface area contributed by atoms with Crippen molar-refractivity contribution < 1.29 is 9.59 Å². The summed E-state index contributed by atoms with van der Waals surface area (Å²) in [6.07, 6.45) is 6.05. The van der Waals surface area contributed by atoms with Crippen LogP contribution in [-0.4, -0.2) is 65.4 Å². The lowest BCUT2D eigenvalue weighted by atomic mass is 9.79. The van der Waals surface area contributed by atoms with E-state index in [1.807, 2.05) is 46.2 Å². The van der Waals surface area contributed by atoms with E-state index in [-0.39, 0.29) is 5.91 Å². The average molecular weight is 421 g/mol. The summed E-state index contributed by atoms with van der Waals surface area (Å²) in [5.41, 5.74) is 1.41. The second-order valence-corrected chi connectivity index (χ2v) is 9.46. The van der Waals surface area contributed by atoms with E-state index in [2.05, 4.69) is 10.3 Å². The number of hydrogen-bond acceptors (Lipinski definition) is 4. The third-order valence-electron chi connectivity index (χ3n) is 7.28. The van der Waals surface area contributed by atoms with Crippen LogP contribution in [0.1, 0.15) is 49.0 Å². The lowest BCUT2D eigenvalue weighted by molar-refractivity contribution is -0.130. The van der Waals surface area contributed by atoms with Crippen LogP contribution >= 0.6 is 0 Å². The molecule has 3 aliphatic heterocycles. The SMILES string of the molecule is O=C(CCC[C@H]1NCC2CC1CN(C(=O)c1ccc3ccccc3n1)C2)N1CCCC1. The van der Waals surface area contributed by atoms with Crippen molar-refractivity contribution >= 4 is 22.7 Å². The Balaban J connectivity index is 1.19. The van der Waals surface area contributed by atoms with Crippen LogP contribution in [0.25, 0.3) is 10.9 Å². The Bertz CT molecular complexity index is 955. The number of pyridine rings is 1. The van der Waals surface area contributed by atoms with Crippen molar-refractivity contribution in [2.24, 2.45) is 11.8 Å². The number of piperidine rings is 2. The molecule has 0 saturated carbocycles. The Morgan fingerprint density at radius 3 is 2.74 bits per heavy atom. The summed E-state index contributed by atoms with van der Waals surface area (Å²) in [7, 11) is 0. The maximum Gasteiger partial charge on any atom is 0.272 e. The van der Waals surface area contributed by atoms with Crippen LogP contribution in [0.4, 0.5) is 0 Å². The highest BCUT2D eigenvalue weighted by Gasteiger charge is 2.38. The monoisotopic (exact) mass is 420 g/mol. The van der Waals surface area contributed by atoms with E-state index in [1.165, 1.54) is 6.42 Å². The Morgan fingerprint density at radius 1 is 1.03 bits per heavy atom. The molecule has 3 saturated heterocycles. The number of likely N-dealkylation sites (tertiary alicyclic amines) is 2. The molecule has 1 aromatic carbocycles. The van der Waals surface area contributed by atoms with Gasteiger partial charge in [0.1, 0.15) is 5.69 Å². The van der Waals surface area contributed by atoms with Crippen molar-refractivity contribution in [3.63, 3.8) is 0 Å². The summed E-state index contributed by atoms with van der Waals surface area (Å²) < 4.78 is 0. The third-order valence-corrected chi connectivity index (χ3v) is 7.28. The highest BCUT2D eigenvalue weighted by Crippen LogP contribution is 2.31. The van der Waals surface area contributed by atoms with Crippen LogP contribution < -0.4 is 5.32 Å². The normalized spacial score (nSPS) is 25.7. The van der Waals surface area contributed by atoms with E-state index >= 15 is 0 Å². The van der Waals surface area contributed by atoms with Crippen LogP contribution in [-0.2, 0) is 4.79 Å². The van der Waals surface area contributed by atoms with Crippen LogP contribution in [0, 0.1) is 11.8 Å². The molecule has 4 heterocycles. The zero-order valence-corrected chi connectivity index (χ0v) is 18.1. The van der Waals surface area contributed by atoms with Gasteiger partial charge in [-0.15, -0.1) is 0 Å². The quantitative estimate of drug-likeness (QED) is 0.807. The summed E-state index contributed by atoms with van der Waals surface area (Å²) in [4.78, 5) is 34.2. The number of nitrogens with zero attached hydrogens (tertiary/aromatic N) is 3. The van der Waals surface area contributed by atoms with Crippen molar-refractivity contribution in [1.82, 2.24) is 20.1 Å². The number of fused-ring (bicyclic) bond motifs is 3. The lowest BCUT2D eigenvalue weighted by Crippen LogP contribution is -2.57. The molecule has 2 amide bonds. The van der Waals surface area contributed by atoms with Gasteiger partial charge in [0.25, 0.3) is 5.91 Å². The molecule has 3 aliphatic rings. The molecule has 1 aromatic heterocycles. The molecule has 6 nitrogen and oxygen atoms in total. The minimum atomic E-state index is 0.0466. The van der Waals surface area contributed by atoms with Gasteiger partial charge in [0.15, 0.2) is 0 Å². The van der Waals surface area contributed by atoms with Crippen LogP contribution in [0.3, 0.4) is 0 Å². The maximum absolute atomic E-state index is 13.2. The summed E-state index contributed by atoms with van der Waals surface area (Å²) in [6.45, 7) is 4.41. The first kappa shape index (κ1) is 20.4. The Hall–Kier alpha value is -2.47. The molecule has 2 bridgehead atoms. The van der Waals surface area contributed by atoms with Gasteiger partial charge in [-0.2, -0.15) is 0 Å². The number of nitrogens with one attached hydrogen (secondary N) is 1. The van der Waals surface area contributed by atoms with Crippen molar-refractivity contribution in [2.75, 3.05) is 32.7 Å². The van der Waals surface area contributed by atoms with Gasteiger partial charge < -0.3 is 15.1 Å². The van der Waals surface area contributed by atoms with Gasteiger partial charge in [-0.1, -0.05) is 24.3 Å². The molecule has 164 valence electrons.